The Hall–Kier alpha value is -0.980. The van der Waals surface area contributed by atoms with Crippen LogP contribution in [-0.2, 0) is 6.42 Å². The first-order valence-electron chi connectivity index (χ1n) is 9.01. The first-order valence-corrected chi connectivity index (χ1v) is 9.01. The van der Waals surface area contributed by atoms with Crippen LogP contribution in [0.25, 0.3) is 0 Å². The molecule has 0 aromatic heterocycles. The Kier molecular flexibility index (Phi) is 10.0. The maximum Gasteiger partial charge on any atom is 0.119 e. The van der Waals surface area contributed by atoms with E-state index in [1.807, 2.05) is 6.92 Å². The second-order valence-electron chi connectivity index (χ2n) is 6.14. The van der Waals surface area contributed by atoms with Crippen molar-refractivity contribution in [2.75, 3.05) is 6.61 Å². The zero-order valence-electron chi connectivity index (χ0n) is 14.4. The second kappa shape index (κ2) is 11.7. The van der Waals surface area contributed by atoms with Crippen LogP contribution in [0.15, 0.2) is 24.3 Å². The van der Waals surface area contributed by atoms with E-state index in [4.69, 9.17) is 4.74 Å². The van der Waals surface area contributed by atoms with E-state index in [9.17, 15) is 0 Å². The highest BCUT2D eigenvalue weighted by atomic mass is 16.5. The van der Waals surface area contributed by atoms with E-state index in [1.54, 1.807) is 0 Å². The Labute approximate surface area is 132 Å². The summed E-state index contributed by atoms with van der Waals surface area (Å²) in [6.07, 6.45) is 12.3. The van der Waals surface area contributed by atoms with E-state index in [0.29, 0.717) is 0 Å². The first-order chi connectivity index (χ1) is 10.3. The number of hydrogen-bond acceptors (Lipinski definition) is 1. The lowest BCUT2D eigenvalue weighted by Gasteiger charge is -2.16. The van der Waals surface area contributed by atoms with Crippen molar-refractivity contribution in [2.45, 2.75) is 78.6 Å². The van der Waals surface area contributed by atoms with E-state index < -0.39 is 0 Å². The predicted octanol–water partition coefficient (Wildman–Crippen LogP) is 6.40. The Morgan fingerprint density at radius 3 is 2.14 bits per heavy atom. The third kappa shape index (κ3) is 8.14. The fraction of sp³-hybridized carbons (Fsp3) is 0.700. The van der Waals surface area contributed by atoms with E-state index in [0.717, 1.165) is 18.3 Å². The standard InChI is InChI=1S/C20H34O/c1-4-7-8-9-10-12-18(11-5-2)17-19-13-15-20(16-14-19)21-6-3/h13-16,18H,4-12,17H2,1-3H3. The zero-order valence-corrected chi connectivity index (χ0v) is 14.4. The van der Waals surface area contributed by atoms with Crippen LogP contribution < -0.4 is 4.74 Å². The average molecular weight is 290 g/mol. The summed E-state index contributed by atoms with van der Waals surface area (Å²) < 4.78 is 5.52. The molecule has 0 bridgehead atoms. The van der Waals surface area contributed by atoms with Crippen LogP contribution in [0.4, 0.5) is 0 Å². The van der Waals surface area contributed by atoms with Gasteiger partial charge in [-0.15, -0.1) is 0 Å². The summed E-state index contributed by atoms with van der Waals surface area (Å²) in [5.41, 5.74) is 1.46. The molecule has 0 saturated carbocycles. The largest absolute Gasteiger partial charge is 0.494 e. The second-order valence-corrected chi connectivity index (χ2v) is 6.14. The molecule has 0 aliphatic heterocycles. The van der Waals surface area contributed by atoms with E-state index >= 15 is 0 Å². The monoisotopic (exact) mass is 290 g/mol. The molecule has 0 radical (unpaired) electrons. The quantitative estimate of drug-likeness (QED) is 0.404. The van der Waals surface area contributed by atoms with Crippen LogP contribution in [0.2, 0.25) is 0 Å². The number of rotatable bonds is 12. The van der Waals surface area contributed by atoms with Gasteiger partial charge in [0.25, 0.3) is 0 Å². The molecule has 21 heavy (non-hydrogen) atoms. The van der Waals surface area contributed by atoms with Gasteiger partial charge in [-0.2, -0.15) is 0 Å². The molecule has 0 saturated heterocycles. The molecule has 0 aliphatic carbocycles. The van der Waals surface area contributed by atoms with Gasteiger partial charge in [0.2, 0.25) is 0 Å². The van der Waals surface area contributed by atoms with Gasteiger partial charge in [-0.3, -0.25) is 0 Å². The van der Waals surface area contributed by atoms with Crippen molar-refractivity contribution in [3.63, 3.8) is 0 Å². The maximum atomic E-state index is 5.52. The fourth-order valence-corrected chi connectivity index (χ4v) is 3.02. The van der Waals surface area contributed by atoms with Crippen molar-refractivity contribution < 1.29 is 4.74 Å². The van der Waals surface area contributed by atoms with Gasteiger partial charge in [0.05, 0.1) is 6.61 Å². The lowest BCUT2D eigenvalue weighted by atomic mass is 9.90. The molecule has 120 valence electrons. The molecule has 0 fully saturated rings. The molecule has 1 atom stereocenters. The Morgan fingerprint density at radius 2 is 1.52 bits per heavy atom. The molecular formula is C20H34O. The molecule has 0 amide bonds. The molecule has 1 unspecified atom stereocenters. The van der Waals surface area contributed by atoms with Gasteiger partial charge < -0.3 is 4.74 Å². The van der Waals surface area contributed by atoms with E-state index in [-0.39, 0.29) is 0 Å². The summed E-state index contributed by atoms with van der Waals surface area (Å²) in [6.45, 7) is 7.37. The lowest BCUT2D eigenvalue weighted by molar-refractivity contribution is 0.340. The van der Waals surface area contributed by atoms with E-state index in [1.165, 1.54) is 63.4 Å². The van der Waals surface area contributed by atoms with Crippen molar-refractivity contribution in [1.82, 2.24) is 0 Å². The summed E-state index contributed by atoms with van der Waals surface area (Å²) in [4.78, 5) is 0. The number of unbranched alkanes of at least 4 members (excludes halogenated alkanes) is 4. The zero-order chi connectivity index (χ0) is 15.3. The van der Waals surface area contributed by atoms with Gasteiger partial charge in [0.1, 0.15) is 5.75 Å². The minimum atomic E-state index is 0.746. The molecule has 0 aliphatic rings. The minimum Gasteiger partial charge on any atom is -0.494 e. The summed E-state index contributed by atoms with van der Waals surface area (Å²) in [7, 11) is 0. The van der Waals surface area contributed by atoms with Crippen LogP contribution in [0.1, 0.15) is 77.7 Å². The van der Waals surface area contributed by atoms with Crippen molar-refractivity contribution in [1.29, 1.82) is 0 Å². The smallest absolute Gasteiger partial charge is 0.119 e. The third-order valence-electron chi connectivity index (χ3n) is 4.17. The van der Waals surface area contributed by atoms with Crippen molar-refractivity contribution in [3.05, 3.63) is 29.8 Å². The first kappa shape index (κ1) is 18.1. The van der Waals surface area contributed by atoms with Crippen molar-refractivity contribution >= 4 is 0 Å². The molecule has 0 spiro atoms. The topological polar surface area (TPSA) is 9.23 Å². The molecule has 0 N–H and O–H groups in total. The van der Waals surface area contributed by atoms with Gasteiger partial charge in [-0.05, 0) is 37.0 Å². The predicted molar refractivity (Wildman–Crippen MR) is 93.1 cm³/mol. The molecule has 1 nitrogen and oxygen atoms in total. The Balaban J connectivity index is 2.37. The Bertz CT molecular complexity index is 341. The van der Waals surface area contributed by atoms with Crippen LogP contribution in [0, 0.1) is 5.92 Å². The number of hydrogen-bond donors (Lipinski definition) is 0. The van der Waals surface area contributed by atoms with Gasteiger partial charge in [-0.1, -0.05) is 77.3 Å². The van der Waals surface area contributed by atoms with Gasteiger partial charge in [0, 0.05) is 0 Å². The molecule has 1 rings (SSSR count). The summed E-state index contributed by atoms with van der Waals surface area (Å²) in [5, 5.41) is 0. The third-order valence-corrected chi connectivity index (χ3v) is 4.17. The average Bonchev–Trinajstić information content (AvgIpc) is 2.49. The molecule has 1 aromatic carbocycles. The van der Waals surface area contributed by atoms with Crippen molar-refractivity contribution in [2.24, 2.45) is 5.92 Å². The summed E-state index contributed by atoms with van der Waals surface area (Å²) >= 11 is 0. The SMILES string of the molecule is CCCCCCCC(CCC)Cc1ccc(OCC)cc1. The van der Waals surface area contributed by atoms with Crippen LogP contribution in [0.5, 0.6) is 5.75 Å². The highest BCUT2D eigenvalue weighted by molar-refractivity contribution is 5.27. The maximum absolute atomic E-state index is 5.52. The molecule has 1 heteroatoms. The number of benzene rings is 1. The van der Waals surface area contributed by atoms with Crippen LogP contribution in [0.3, 0.4) is 0 Å². The Morgan fingerprint density at radius 1 is 0.810 bits per heavy atom. The molecular weight excluding hydrogens is 256 g/mol. The van der Waals surface area contributed by atoms with Crippen molar-refractivity contribution in [3.8, 4) is 5.75 Å². The van der Waals surface area contributed by atoms with Gasteiger partial charge in [-0.25, -0.2) is 0 Å². The number of ether oxygens (including phenoxy) is 1. The summed E-state index contributed by atoms with van der Waals surface area (Å²) in [5.74, 6) is 1.85. The van der Waals surface area contributed by atoms with Crippen LogP contribution >= 0.6 is 0 Å². The van der Waals surface area contributed by atoms with Gasteiger partial charge >= 0.3 is 0 Å². The van der Waals surface area contributed by atoms with Crippen LogP contribution in [-0.4, -0.2) is 6.61 Å². The minimum absolute atomic E-state index is 0.746. The lowest BCUT2D eigenvalue weighted by Crippen LogP contribution is -2.05. The normalized spacial score (nSPS) is 12.3. The molecule has 0 heterocycles. The highest BCUT2D eigenvalue weighted by Crippen LogP contribution is 2.22. The molecule has 1 aromatic rings. The van der Waals surface area contributed by atoms with E-state index in [2.05, 4.69) is 38.1 Å². The summed E-state index contributed by atoms with van der Waals surface area (Å²) in [6, 6.07) is 8.71. The highest BCUT2D eigenvalue weighted by Gasteiger charge is 2.09. The van der Waals surface area contributed by atoms with Gasteiger partial charge in [0.15, 0.2) is 0 Å². The fourth-order valence-electron chi connectivity index (χ4n) is 3.02.